The second-order valence-corrected chi connectivity index (χ2v) is 15.9. The smallest absolute Gasteiger partial charge is 0.331 e. The summed E-state index contributed by atoms with van der Waals surface area (Å²) in [5.74, 6) is -2.67. The molecule has 0 aromatic rings. The number of aliphatic hydroxyl groups is 3. The standard InChI is InChI=1S/C36H58N4O7/c1-8-12-39-13-11-33(4)26-16-24(42)30-29(34(26,5)10-9-27(33)44)25(43)17-35(6)22(15-28(45)36(30,35)7)20(3)21(18-40-32(37)38)23(41)14-19(2)31(46)47/h14,20-24,26,28,39,41-42,45H,8-13,15-18H2,1-7H3,(H,46,47)(H4,37,38,40)/b19-14+/t20-,21+,22-,23-,24-,26-,28+,33-,34+,35-,36+/m1/s1. The largest absolute Gasteiger partial charge is 0.478 e. The lowest BCUT2D eigenvalue weighted by molar-refractivity contribution is -0.148. The van der Waals surface area contributed by atoms with Crippen molar-refractivity contribution >= 4 is 23.5 Å². The van der Waals surface area contributed by atoms with Crippen LogP contribution in [0.25, 0.3) is 0 Å². The van der Waals surface area contributed by atoms with Crippen LogP contribution in [0.15, 0.2) is 27.8 Å². The molecule has 2 saturated carbocycles. The third-order valence-corrected chi connectivity index (χ3v) is 13.4. The Morgan fingerprint density at radius 3 is 2.38 bits per heavy atom. The molecular formula is C36H58N4O7. The summed E-state index contributed by atoms with van der Waals surface area (Å²) < 4.78 is 0. The van der Waals surface area contributed by atoms with Crippen LogP contribution in [-0.2, 0) is 14.4 Å². The topological polar surface area (TPSA) is 209 Å². The molecule has 264 valence electrons. The number of carboxylic acids is 1. The molecule has 47 heavy (non-hydrogen) atoms. The van der Waals surface area contributed by atoms with Crippen molar-refractivity contribution in [1.82, 2.24) is 5.32 Å². The molecule has 0 bridgehead atoms. The number of hydrogen-bond acceptors (Lipinski definition) is 8. The van der Waals surface area contributed by atoms with Crippen molar-refractivity contribution in [2.75, 3.05) is 19.6 Å². The molecule has 0 heterocycles. The third-order valence-electron chi connectivity index (χ3n) is 13.4. The van der Waals surface area contributed by atoms with Gasteiger partial charge in [0.15, 0.2) is 11.7 Å². The number of aliphatic carboxylic acids is 1. The van der Waals surface area contributed by atoms with E-state index in [-0.39, 0.29) is 53.8 Å². The van der Waals surface area contributed by atoms with Gasteiger partial charge in [0, 0.05) is 52.7 Å². The van der Waals surface area contributed by atoms with Crippen LogP contribution in [0, 0.1) is 45.3 Å². The molecule has 0 radical (unpaired) electrons. The predicted molar refractivity (Wildman–Crippen MR) is 180 cm³/mol. The van der Waals surface area contributed by atoms with Gasteiger partial charge < -0.3 is 37.2 Å². The summed E-state index contributed by atoms with van der Waals surface area (Å²) in [7, 11) is 0. The van der Waals surface area contributed by atoms with Crippen LogP contribution in [0.1, 0.15) is 93.4 Å². The molecule has 0 aromatic heterocycles. The van der Waals surface area contributed by atoms with Gasteiger partial charge in [-0.1, -0.05) is 41.5 Å². The van der Waals surface area contributed by atoms with Gasteiger partial charge >= 0.3 is 5.97 Å². The number of nitrogens with two attached hydrogens (primary N) is 2. The molecule has 4 aliphatic rings. The van der Waals surface area contributed by atoms with E-state index in [1.54, 1.807) is 0 Å². The Labute approximate surface area is 279 Å². The molecule has 0 saturated heterocycles. The average Bonchev–Trinajstić information content (AvgIpc) is 3.19. The van der Waals surface area contributed by atoms with E-state index in [2.05, 4.69) is 24.2 Å². The molecule has 0 aliphatic heterocycles. The number of rotatable bonds is 12. The molecule has 0 spiro atoms. The zero-order valence-electron chi connectivity index (χ0n) is 29.3. The number of carbonyl (C=O) groups is 3. The van der Waals surface area contributed by atoms with Crippen LogP contribution in [-0.4, -0.2) is 81.9 Å². The zero-order chi connectivity index (χ0) is 35.3. The van der Waals surface area contributed by atoms with E-state index in [0.717, 1.165) is 13.0 Å². The Hall–Kier alpha value is -2.60. The number of carbonyl (C=O) groups excluding carboxylic acids is 2. The number of aliphatic hydroxyl groups excluding tert-OH is 3. The van der Waals surface area contributed by atoms with Crippen molar-refractivity contribution in [2.45, 2.75) is 112 Å². The maximum Gasteiger partial charge on any atom is 0.331 e. The normalized spacial score (nSPS) is 39.1. The fraction of sp³-hybridized carbons (Fsp3) is 0.778. The van der Waals surface area contributed by atoms with Gasteiger partial charge in [0.05, 0.1) is 18.3 Å². The lowest BCUT2D eigenvalue weighted by atomic mass is 9.42. The van der Waals surface area contributed by atoms with Gasteiger partial charge in [-0.25, -0.2) is 4.79 Å². The van der Waals surface area contributed by atoms with Gasteiger partial charge in [0.25, 0.3) is 0 Å². The Kier molecular flexibility index (Phi) is 10.6. The molecule has 4 rings (SSSR count). The number of allylic oxidation sites excluding steroid dienone is 1. The number of carboxylic acid groups (broad SMARTS) is 1. The fourth-order valence-electron chi connectivity index (χ4n) is 10.5. The van der Waals surface area contributed by atoms with E-state index in [9.17, 15) is 34.8 Å². The molecule has 11 atom stereocenters. The molecule has 2 fully saturated rings. The van der Waals surface area contributed by atoms with Crippen molar-refractivity contribution in [1.29, 1.82) is 0 Å². The Morgan fingerprint density at radius 2 is 1.79 bits per heavy atom. The minimum atomic E-state index is -1.20. The first-order valence-electron chi connectivity index (χ1n) is 17.3. The minimum Gasteiger partial charge on any atom is -0.478 e. The zero-order valence-corrected chi connectivity index (χ0v) is 29.3. The number of nitrogens with zero attached hydrogens (tertiary/aromatic N) is 1. The van der Waals surface area contributed by atoms with Crippen LogP contribution in [0.4, 0.5) is 0 Å². The Bertz CT molecular complexity index is 1360. The SMILES string of the molecule is CCCNCC[C@@]1(C)C(=O)CC[C@]2(C)C3=C([C@H](O)C[C@H]12)[C@]1(C)[C@@H](O)C[C@H]([C@H](C)[C@H](CN=C(N)N)[C@H](O)/C=C(\C)C(=O)O)[C@@]1(C)CC3=O. The summed E-state index contributed by atoms with van der Waals surface area (Å²) in [5.41, 5.74) is 9.42. The number of fused-ring (bicyclic) bond motifs is 4. The van der Waals surface area contributed by atoms with E-state index in [1.807, 2.05) is 27.7 Å². The highest BCUT2D eigenvalue weighted by molar-refractivity contribution is 6.01. The van der Waals surface area contributed by atoms with Crippen LogP contribution < -0.4 is 16.8 Å². The Morgan fingerprint density at radius 1 is 1.13 bits per heavy atom. The number of nitrogens with one attached hydrogen (secondary N) is 1. The van der Waals surface area contributed by atoms with Gasteiger partial charge in [-0.3, -0.25) is 14.6 Å². The van der Waals surface area contributed by atoms with Crippen LogP contribution in [0.3, 0.4) is 0 Å². The number of aliphatic imine (C=N–C) groups is 1. The van der Waals surface area contributed by atoms with E-state index >= 15 is 0 Å². The minimum absolute atomic E-state index is 0.0169. The van der Waals surface area contributed by atoms with Gasteiger partial charge in [-0.2, -0.15) is 0 Å². The molecule has 9 N–H and O–H groups in total. The van der Waals surface area contributed by atoms with Crippen LogP contribution in [0.2, 0.25) is 0 Å². The maximum absolute atomic E-state index is 14.6. The van der Waals surface area contributed by atoms with Crippen molar-refractivity contribution in [3.05, 3.63) is 22.8 Å². The average molecular weight is 659 g/mol. The first-order chi connectivity index (χ1) is 21.8. The Balaban J connectivity index is 1.79. The van der Waals surface area contributed by atoms with Gasteiger partial charge in [0.2, 0.25) is 0 Å². The van der Waals surface area contributed by atoms with Crippen LogP contribution in [0.5, 0.6) is 0 Å². The number of hydrogen-bond donors (Lipinski definition) is 7. The van der Waals surface area contributed by atoms with E-state index < -0.39 is 51.9 Å². The highest BCUT2D eigenvalue weighted by atomic mass is 16.4. The molecule has 0 unspecified atom stereocenters. The second-order valence-electron chi connectivity index (χ2n) is 15.9. The first kappa shape index (κ1) is 37.2. The highest BCUT2D eigenvalue weighted by Crippen LogP contribution is 2.72. The van der Waals surface area contributed by atoms with Crippen molar-refractivity contribution in [2.24, 2.45) is 61.8 Å². The monoisotopic (exact) mass is 658 g/mol. The van der Waals surface area contributed by atoms with E-state index in [1.165, 1.54) is 13.0 Å². The summed E-state index contributed by atoms with van der Waals surface area (Å²) in [6, 6.07) is 0. The van der Waals surface area contributed by atoms with Crippen LogP contribution >= 0.6 is 0 Å². The molecule has 4 aliphatic carbocycles. The lowest BCUT2D eigenvalue weighted by Crippen LogP contribution is -2.61. The number of Topliss-reactive ketones (excluding diaryl/α,β-unsaturated/α-hetero) is 2. The summed E-state index contributed by atoms with van der Waals surface area (Å²) in [4.78, 5) is 43.9. The lowest BCUT2D eigenvalue weighted by Gasteiger charge is -2.61. The molecule has 0 amide bonds. The second kappa shape index (κ2) is 13.4. The van der Waals surface area contributed by atoms with Gasteiger partial charge in [-0.15, -0.1) is 0 Å². The van der Waals surface area contributed by atoms with Crippen molar-refractivity contribution < 1.29 is 34.8 Å². The summed E-state index contributed by atoms with van der Waals surface area (Å²) >= 11 is 0. The molecular weight excluding hydrogens is 600 g/mol. The number of ketones is 2. The fourth-order valence-corrected chi connectivity index (χ4v) is 10.5. The van der Waals surface area contributed by atoms with Crippen molar-refractivity contribution in [3.63, 3.8) is 0 Å². The summed E-state index contributed by atoms with van der Waals surface area (Å²) in [6.45, 7) is 15.1. The van der Waals surface area contributed by atoms with Gasteiger partial charge in [-0.05, 0) is 86.9 Å². The summed E-state index contributed by atoms with van der Waals surface area (Å²) in [5, 5.41) is 48.3. The quantitative estimate of drug-likeness (QED) is 0.0706. The molecule has 11 heteroatoms. The predicted octanol–water partition coefficient (Wildman–Crippen LogP) is 2.71. The highest BCUT2D eigenvalue weighted by Gasteiger charge is 2.70. The third kappa shape index (κ3) is 5.99. The first-order valence-corrected chi connectivity index (χ1v) is 17.3. The number of guanidine groups is 1. The molecule has 0 aromatic carbocycles. The van der Waals surface area contributed by atoms with Crippen molar-refractivity contribution in [3.8, 4) is 0 Å². The maximum atomic E-state index is 14.6. The van der Waals surface area contributed by atoms with E-state index in [0.29, 0.717) is 49.8 Å². The van der Waals surface area contributed by atoms with Gasteiger partial charge in [0.1, 0.15) is 5.78 Å². The molecule has 11 nitrogen and oxygen atoms in total. The van der Waals surface area contributed by atoms with E-state index in [4.69, 9.17) is 11.5 Å². The summed E-state index contributed by atoms with van der Waals surface area (Å²) in [6.07, 6.45) is 1.49.